The Morgan fingerprint density at radius 2 is 2.25 bits per heavy atom. The number of hydrogen-bond donors (Lipinski definition) is 1. The van der Waals surface area contributed by atoms with Crippen LogP contribution in [0.15, 0.2) is 33.3 Å². The zero-order chi connectivity index (χ0) is 11.5. The van der Waals surface area contributed by atoms with Crippen LogP contribution in [-0.4, -0.2) is 5.16 Å². The molecule has 0 radical (unpaired) electrons. The lowest BCUT2D eigenvalue weighted by atomic mass is 10.2. The molecule has 0 aliphatic heterocycles. The monoisotopic (exact) mass is 284 g/mol. The van der Waals surface area contributed by atoms with Gasteiger partial charge in [0.15, 0.2) is 5.82 Å². The van der Waals surface area contributed by atoms with Gasteiger partial charge in [0, 0.05) is 22.6 Å². The van der Waals surface area contributed by atoms with Crippen molar-refractivity contribution in [1.82, 2.24) is 5.16 Å². The van der Waals surface area contributed by atoms with Gasteiger partial charge in [-0.3, -0.25) is 0 Å². The molecule has 0 saturated carbocycles. The zero-order valence-electron chi connectivity index (χ0n) is 8.63. The van der Waals surface area contributed by atoms with Crippen LogP contribution in [0.2, 0.25) is 0 Å². The highest BCUT2D eigenvalue weighted by atomic mass is 79.9. The maximum atomic E-state index is 13.4. The lowest BCUT2D eigenvalue weighted by molar-refractivity contribution is 0.399. The molecular formula is C11H10BrFN2O. The first-order valence-corrected chi connectivity index (χ1v) is 5.55. The minimum Gasteiger partial charge on any atom is -0.363 e. The molecule has 1 N–H and O–H groups in total. The second kappa shape index (κ2) is 4.65. The molecule has 3 nitrogen and oxygen atoms in total. The first kappa shape index (κ1) is 11.1. The molecule has 1 aromatic carbocycles. The van der Waals surface area contributed by atoms with Crippen molar-refractivity contribution in [1.29, 1.82) is 0 Å². The van der Waals surface area contributed by atoms with Crippen molar-refractivity contribution in [2.45, 2.75) is 13.5 Å². The van der Waals surface area contributed by atoms with Gasteiger partial charge in [0.25, 0.3) is 0 Å². The van der Waals surface area contributed by atoms with E-state index in [0.29, 0.717) is 17.9 Å². The standard InChI is InChI=1S/C11H10BrFN2O/c1-7-4-11(15-16-7)14-6-8-5-9(12)2-3-10(8)13/h2-5H,6H2,1H3,(H,14,15). The minimum absolute atomic E-state index is 0.240. The summed E-state index contributed by atoms with van der Waals surface area (Å²) in [6.07, 6.45) is 0. The third-order valence-electron chi connectivity index (χ3n) is 2.10. The molecule has 0 bridgehead atoms. The van der Waals surface area contributed by atoms with Crippen molar-refractivity contribution >= 4 is 21.7 Å². The van der Waals surface area contributed by atoms with Crippen LogP contribution in [0, 0.1) is 12.7 Å². The van der Waals surface area contributed by atoms with Gasteiger partial charge in [-0.1, -0.05) is 21.1 Å². The van der Waals surface area contributed by atoms with Crippen LogP contribution in [0.1, 0.15) is 11.3 Å². The van der Waals surface area contributed by atoms with E-state index >= 15 is 0 Å². The highest BCUT2D eigenvalue weighted by Gasteiger charge is 2.04. The van der Waals surface area contributed by atoms with Crippen LogP contribution >= 0.6 is 15.9 Å². The number of aryl methyl sites for hydroxylation is 1. The highest BCUT2D eigenvalue weighted by Crippen LogP contribution is 2.17. The van der Waals surface area contributed by atoms with Crippen LogP contribution in [0.25, 0.3) is 0 Å². The smallest absolute Gasteiger partial charge is 0.169 e. The quantitative estimate of drug-likeness (QED) is 0.938. The van der Waals surface area contributed by atoms with E-state index < -0.39 is 0 Å². The first-order valence-electron chi connectivity index (χ1n) is 4.76. The summed E-state index contributed by atoms with van der Waals surface area (Å²) in [5.74, 6) is 1.09. The molecule has 0 amide bonds. The molecule has 0 saturated heterocycles. The van der Waals surface area contributed by atoms with Crippen molar-refractivity contribution in [2.75, 3.05) is 5.32 Å². The molecule has 2 aromatic rings. The summed E-state index contributed by atoms with van der Waals surface area (Å²) in [6, 6.07) is 6.58. The lowest BCUT2D eigenvalue weighted by Crippen LogP contribution is -2.01. The Balaban J connectivity index is 2.07. The molecule has 0 aliphatic rings. The van der Waals surface area contributed by atoms with E-state index in [-0.39, 0.29) is 5.82 Å². The topological polar surface area (TPSA) is 38.1 Å². The van der Waals surface area contributed by atoms with Crippen LogP contribution < -0.4 is 5.32 Å². The fraction of sp³-hybridized carbons (Fsp3) is 0.182. The van der Waals surface area contributed by atoms with Gasteiger partial charge in [-0.05, 0) is 25.1 Å². The highest BCUT2D eigenvalue weighted by molar-refractivity contribution is 9.10. The summed E-state index contributed by atoms with van der Waals surface area (Å²) in [6.45, 7) is 2.18. The summed E-state index contributed by atoms with van der Waals surface area (Å²) in [5, 5.41) is 6.75. The summed E-state index contributed by atoms with van der Waals surface area (Å²) in [4.78, 5) is 0. The van der Waals surface area contributed by atoms with Gasteiger partial charge in [0.2, 0.25) is 0 Å². The summed E-state index contributed by atoms with van der Waals surface area (Å²) < 4.78 is 19.1. The number of nitrogens with zero attached hydrogens (tertiary/aromatic N) is 1. The normalized spacial score (nSPS) is 10.4. The second-order valence-electron chi connectivity index (χ2n) is 3.41. The molecule has 2 rings (SSSR count). The third kappa shape index (κ3) is 2.61. The largest absolute Gasteiger partial charge is 0.363 e. The lowest BCUT2D eigenvalue weighted by Gasteiger charge is -2.04. The molecule has 1 heterocycles. The Morgan fingerprint density at radius 1 is 1.44 bits per heavy atom. The molecule has 0 atom stereocenters. The van der Waals surface area contributed by atoms with Crippen LogP contribution in [0.5, 0.6) is 0 Å². The maximum Gasteiger partial charge on any atom is 0.169 e. The molecular weight excluding hydrogens is 275 g/mol. The van der Waals surface area contributed by atoms with Crippen LogP contribution in [0.3, 0.4) is 0 Å². The van der Waals surface area contributed by atoms with E-state index in [0.717, 1.165) is 10.2 Å². The molecule has 1 aromatic heterocycles. The van der Waals surface area contributed by atoms with E-state index in [1.54, 1.807) is 25.1 Å². The Hall–Kier alpha value is -1.36. The predicted molar refractivity (Wildman–Crippen MR) is 62.7 cm³/mol. The van der Waals surface area contributed by atoms with Gasteiger partial charge in [-0.2, -0.15) is 0 Å². The number of rotatable bonds is 3. The summed E-state index contributed by atoms with van der Waals surface area (Å²) in [5.41, 5.74) is 0.579. The Labute approximate surface area is 101 Å². The maximum absolute atomic E-state index is 13.4. The van der Waals surface area contributed by atoms with Gasteiger partial charge in [-0.25, -0.2) is 4.39 Å². The van der Waals surface area contributed by atoms with Crippen LogP contribution in [-0.2, 0) is 6.54 Å². The molecule has 84 valence electrons. The van der Waals surface area contributed by atoms with Gasteiger partial charge in [-0.15, -0.1) is 0 Å². The van der Waals surface area contributed by atoms with Gasteiger partial charge < -0.3 is 9.84 Å². The fourth-order valence-corrected chi connectivity index (χ4v) is 1.72. The fourth-order valence-electron chi connectivity index (χ4n) is 1.31. The molecule has 5 heteroatoms. The summed E-state index contributed by atoms with van der Waals surface area (Å²) in [7, 11) is 0. The zero-order valence-corrected chi connectivity index (χ0v) is 10.2. The van der Waals surface area contributed by atoms with Crippen molar-refractivity contribution in [3.8, 4) is 0 Å². The number of halogens is 2. The van der Waals surface area contributed by atoms with E-state index in [9.17, 15) is 4.39 Å². The molecule has 0 fully saturated rings. The molecule has 0 aliphatic carbocycles. The second-order valence-corrected chi connectivity index (χ2v) is 4.33. The minimum atomic E-state index is -0.240. The third-order valence-corrected chi connectivity index (χ3v) is 2.59. The average molecular weight is 285 g/mol. The van der Waals surface area contributed by atoms with Crippen molar-refractivity contribution in [2.24, 2.45) is 0 Å². The number of anilines is 1. The SMILES string of the molecule is Cc1cc(NCc2cc(Br)ccc2F)no1. The molecule has 16 heavy (non-hydrogen) atoms. The van der Waals surface area contributed by atoms with E-state index in [1.807, 2.05) is 0 Å². The van der Waals surface area contributed by atoms with Gasteiger partial charge in [0.1, 0.15) is 11.6 Å². The number of benzene rings is 1. The van der Waals surface area contributed by atoms with E-state index in [1.165, 1.54) is 6.07 Å². The van der Waals surface area contributed by atoms with E-state index in [2.05, 4.69) is 26.4 Å². The number of nitrogens with one attached hydrogen (secondary N) is 1. The van der Waals surface area contributed by atoms with Crippen molar-refractivity contribution < 1.29 is 8.91 Å². The Morgan fingerprint density at radius 3 is 2.94 bits per heavy atom. The Kier molecular flexibility index (Phi) is 3.24. The van der Waals surface area contributed by atoms with E-state index in [4.69, 9.17) is 4.52 Å². The first-order chi connectivity index (χ1) is 7.65. The van der Waals surface area contributed by atoms with Crippen LogP contribution in [0.4, 0.5) is 10.2 Å². The average Bonchev–Trinajstić information content (AvgIpc) is 2.66. The van der Waals surface area contributed by atoms with Gasteiger partial charge in [0.05, 0.1) is 0 Å². The van der Waals surface area contributed by atoms with Gasteiger partial charge >= 0.3 is 0 Å². The van der Waals surface area contributed by atoms with Crippen molar-refractivity contribution in [3.05, 3.63) is 45.9 Å². The van der Waals surface area contributed by atoms with Crippen molar-refractivity contribution in [3.63, 3.8) is 0 Å². The number of aromatic nitrogens is 1. The number of hydrogen-bond acceptors (Lipinski definition) is 3. The molecule has 0 spiro atoms. The Bertz CT molecular complexity index is 498. The summed E-state index contributed by atoms with van der Waals surface area (Å²) >= 11 is 3.30. The molecule has 0 unspecified atom stereocenters. The predicted octanol–water partition coefficient (Wildman–Crippen LogP) is 3.50.